The highest BCUT2D eigenvalue weighted by Crippen LogP contribution is 2.37. The van der Waals surface area contributed by atoms with Gasteiger partial charge in [0.05, 0.1) is 16.5 Å². The average molecular weight is 445 g/mol. The first-order chi connectivity index (χ1) is 15.0. The lowest BCUT2D eigenvalue weighted by molar-refractivity contribution is 0.0562. The SMILES string of the molecule is COCCC1(c2noc(-c3cccnc3)n2)CCCN(C(=O)c2cc(Cl)ccc2F)C1. The van der Waals surface area contributed by atoms with Crippen LogP contribution in [0.25, 0.3) is 11.5 Å². The van der Waals surface area contributed by atoms with Crippen molar-refractivity contribution in [3.8, 4) is 11.5 Å². The van der Waals surface area contributed by atoms with Gasteiger partial charge in [0.25, 0.3) is 11.8 Å². The molecule has 1 aliphatic heterocycles. The van der Waals surface area contributed by atoms with E-state index < -0.39 is 17.1 Å². The summed E-state index contributed by atoms with van der Waals surface area (Å²) < 4.78 is 25.1. The molecule has 1 fully saturated rings. The number of methoxy groups -OCH3 is 1. The summed E-state index contributed by atoms with van der Waals surface area (Å²) in [6.45, 7) is 1.30. The van der Waals surface area contributed by atoms with Crippen LogP contribution in [0, 0.1) is 5.82 Å². The Balaban J connectivity index is 1.65. The summed E-state index contributed by atoms with van der Waals surface area (Å²) in [5, 5.41) is 4.55. The number of piperidine rings is 1. The monoisotopic (exact) mass is 444 g/mol. The van der Waals surface area contributed by atoms with Crippen LogP contribution < -0.4 is 0 Å². The van der Waals surface area contributed by atoms with E-state index in [9.17, 15) is 9.18 Å². The molecule has 1 aromatic carbocycles. The highest BCUT2D eigenvalue weighted by molar-refractivity contribution is 6.31. The number of nitrogens with zero attached hydrogens (tertiary/aromatic N) is 4. The molecule has 1 saturated heterocycles. The van der Waals surface area contributed by atoms with Crippen molar-refractivity contribution in [2.24, 2.45) is 0 Å². The smallest absolute Gasteiger partial charge is 0.259 e. The molecule has 3 heterocycles. The number of rotatable bonds is 6. The first-order valence-corrected chi connectivity index (χ1v) is 10.4. The van der Waals surface area contributed by atoms with Crippen molar-refractivity contribution >= 4 is 17.5 Å². The highest BCUT2D eigenvalue weighted by Gasteiger charge is 2.42. The number of pyridine rings is 1. The van der Waals surface area contributed by atoms with Gasteiger partial charge in [-0.25, -0.2) is 4.39 Å². The van der Waals surface area contributed by atoms with Gasteiger partial charge < -0.3 is 14.2 Å². The number of likely N-dealkylation sites (tertiary alicyclic amines) is 1. The van der Waals surface area contributed by atoms with E-state index in [0.717, 1.165) is 6.42 Å². The Morgan fingerprint density at radius 1 is 1.39 bits per heavy atom. The maximum Gasteiger partial charge on any atom is 0.259 e. The molecule has 1 aliphatic rings. The van der Waals surface area contributed by atoms with Crippen LogP contribution in [0.5, 0.6) is 0 Å². The lowest BCUT2D eigenvalue weighted by Crippen LogP contribution is -2.49. The number of hydrogen-bond acceptors (Lipinski definition) is 6. The van der Waals surface area contributed by atoms with Crippen molar-refractivity contribution in [3.05, 3.63) is 65.0 Å². The molecule has 0 saturated carbocycles. The summed E-state index contributed by atoms with van der Waals surface area (Å²) in [5.74, 6) is -0.130. The van der Waals surface area contributed by atoms with E-state index in [0.29, 0.717) is 54.8 Å². The van der Waals surface area contributed by atoms with E-state index in [1.54, 1.807) is 30.5 Å². The Morgan fingerprint density at radius 3 is 3.03 bits per heavy atom. The number of aromatic nitrogens is 3. The van der Waals surface area contributed by atoms with Crippen LogP contribution in [-0.4, -0.2) is 52.7 Å². The number of carbonyl (C=O) groups excluding carboxylic acids is 1. The third-order valence-corrected chi connectivity index (χ3v) is 5.85. The van der Waals surface area contributed by atoms with Crippen LogP contribution in [0.4, 0.5) is 4.39 Å². The van der Waals surface area contributed by atoms with Crippen molar-refractivity contribution in [2.75, 3.05) is 26.8 Å². The Morgan fingerprint density at radius 2 is 2.26 bits per heavy atom. The molecule has 162 valence electrons. The predicted molar refractivity (Wildman–Crippen MR) is 112 cm³/mol. The van der Waals surface area contributed by atoms with Gasteiger partial charge in [-0.15, -0.1) is 0 Å². The minimum Gasteiger partial charge on any atom is -0.385 e. The van der Waals surface area contributed by atoms with Crippen LogP contribution >= 0.6 is 11.6 Å². The Bertz CT molecular complexity index is 1060. The summed E-state index contributed by atoms with van der Waals surface area (Å²) in [7, 11) is 1.62. The Labute approximate surface area is 184 Å². The van der Waals surface area contributed by atoms with Gasteiger partial charge in [-0.1, -0.05) is 16.8 Å². The van der Waals surface area contributed by atoms with Crippen molar-refractivity contribution in [2.45, 2.75) is 24.7 Å². The molecule has 0 aliphatic carbocycles. The third kappa shape index (κ3) is 4.45. The summed E-state index contributed by atoms with van der Waals surface area (Å²) in [4.78, 5) is 23.5. The molecule has 0 N–H and O–H groups in total. The molecule has 1 amide bonds. The minimum atomic E-state index is -0.596. The first-order valence-electron chi connectivity index (χ1n) is 10.0. The molecule has 7 nitrogen and oxygen atoms in total. The topological polar surface area (TPSA) is 81.3 Å². The molecule has 0 spiro atoms. The number of hydrogen-bond donors (Lipinski definition) is 0. The maximum atomic E-state index is 14.3. The molecule has 1 atom stereocenters. The van der Waals surface area contributed by atoms with Crippen molar-refractivity contribution in [3.63, 3.8) is 0 Å². The first kappa shape index (κ1) is 21.4. The Hall–Kier alpha value is -2.84. The van der Waals surface area contributed by atoms with E-state index in [4.69, 9.17) is 20.9 Å². The number of carbonyl (C=O) groups is 1. The van der Waals surface area contributed by atoms with Crippen molar-refractivity contribution < 1.29 is 18.4 Å². The standard InChI is InChI=1S/C22H22ClFN4O3/c1-30-11-8-22(21-26-19(31-27-21)15-4-2-9-25-13-15)7-3-10-28(14-22)20(29)17-12-16(23)5-6-18(17)24/h2,4-6,9,12-13H,3,7-8,10-11,14H2,1H3. The zero-order valence-electron chi connectivity index (χ0n) is 17.1. The normalized spacial score (nSPS) is 18.9. The van der Waals surface area contributed by atoms with Crippen LogP contribution in [0.3, 0.4) is 0 Å². The van der Waals surface area contributed by atoms with Crippen LogP contribution in [0.2, 0.25) is 5.02 Å². The lowest BCUT2D eigenvalue weighted by Gasteiger charge is -2.41. The van der Waals surface area contributed by atoms with Crippen molar-refractivity contribution in [1.82, 2.24) is 20.0 Å². The number of amides is 1. The fraction of sp³-hybridized carbons (Fsp3) is 0.364. The molecule has 1 unspecified atom stereocenters. The van der Waals surface area contributed by atoms with E-state index in [-0.39, 0.29) is 5.56 Å². The molecular weight excluding hydrogens is 423 g/mol. The number of halogens is 2. The average Bonchev–Trinajstić information content (AvgIpc) is 3.31. The summed E-state index contributed by atoms with van der Waals surface area (Å²) in [6.07, 6.45) is 5.38. The third-order valence-electron chi connectivity index (χ3n) is 5.62. The molecular formula is C22H22ClFN4O3. The van der Waals surface area contributed by atoms with Gasteiger partial charge in [0.2, 0.25) is 0 Å². The lowest BCUT2D eigenvalue weighted by atomic mass is 9.76. The minimum absolute atomic E-state index is 0.0424. The van der Waals surface area contributed by atoms with Gasteiger partial charge in [0.1, 0.15) is 5.82 Å². The molecule has 31 heavy (non-hydrogen) atoms. The molecule has 0 bridgehead atoms. The summed E-state index contributed by atoms with van der Waals surface area (Å²) in [5.41, 5.74) is 0.107. The molecule has 3 aromatic rings. The maximum absolute atomic E-state index is 14.3. The largest absolute Gasteiger partial charge is 0.385 e. The van der Waals surface area contributed by atoms with Gasteiger partial charge >= 0.3 is 0 Å². The van der Waals surface area contributed by atoms with E-state index in [2.05, 4.69) is 15.1 Å². The summed E-state index contributed by atoms with van der Waals surface area (Å²) in [6, 6.07) is 7.62. The fourth-order valence-corrected chi connectivity index (χ4v) is 4.15. The molecule has 4 rings (SSSR count). The van der Waals surface area contributed by atoms with E-state index in [1.165, 1.54) is 18.2 Å². The van der Waals surface area contributed by atoms with Gasteiger partial charge in [0.15, 0.2) is 5.82 Å². The van der Waals surface area contributed by atoms with Crippen LogP contribution in [0.15, 0.2) is 47.2 Å². The second kappa shape index (κ2) is 9.11. The highest BCUT2D eigenvalue weighted by atomic mass is 35.5. The molecule has 0 radical (unpaired) electrons. The van der Waals surface area contributed by atoms with Crippen molar-refractivity contribution in [1.29, 1.82) is 0 Å². The zero-order valence-corrected chi connectivity index (χ0v) is 17.8. The van der Waals surface area contributed by atoms with Crippen LogP contribution in [-0.2, 0) is 10.2 Å². The second-order valence-electron chi connectivity index (χ2n) is 7.64. The molecule has 9 heteroatoms. The number of benzene rings is 1. The quantitative estimate of drug-likeness (QED) is 0.568. The van der Waals surface area contributed by atoms with Gasteiger partial charge in [-0.2, -0.15) is 4.98 Å². The zero-order chi connectivity index (χ0) is 21.8. The fourth-order valence-electron chi connectivity index (χ4n) is 3.98. The van der Waals surface area contributed by atoms with Crippen LogP contribution in [0.1, 0.15) is 35.4 Å². The number of ether oxygens (including phenoxy) is 1. The van der Waals surface area contributed by atoms with Gasteiger partial charge in [0, 0.05) is 44.2 Å². The predicted octanol–water partition coefficient (Wildman–Crippen LogP) is 4.13. The molecule has 2 aromatic heterocycles. The van der Waals surface area contributed by atoms with E-state index >= 15 is 0 Å². The van der Waals surface area contributed by atoms with E-state index in [1.807, 2.05) is 6.07 Å². The van der Waals surface area contributed by atoms with Gasteiger partial charge in [-0.3, -0.25) is 9.78 Å². The Kier molecular flexibility index (Phi) is 6.29. The summed E-state index contributed by atoms with van der Waals surface area (Å²) >= 11 is 5.99. The van der Waals surface area contributed by atoms with Gasteiger partial charge in [-0.05, 0) is 49.6 Å². The second-order valence-corrected chi connectivity index (χ2v) is 8.08.